The normalized spacial score (nSPS) is 14.7. The second-order valence-corrected chi connectivity index (χ2v) is 4.91. The molecule has 0 fully saturated rings. The topological polar surface area (TPSA) is 51.8 Å². The quantitative estimate of drug-likeness (QED) is 0.887. The Kier molecular flexibility index (Phi) is 3.03. The highest BCUT2D eigenvalue weighted by atomic mass is 32.1. The van der Waals surface area contributed by atoms with Crippen LogP contribution in [0.25, 0.3) is 11.3 Å². The molecule has 0 bridgehead atoms. The van der Waals surface area contributed by atoms with Gasteiger partial charge in [0.25, 0.3) is 0 Å². The number of rotatable bonds is 3. The molecule has 3 nitrogen and oxygen atoms in total. The van der Waals surface area contributed by atoms with Gasteiger partial charge in [-0.3, -0.25) is 4.98 Å². The molecule has 2 aromatic heterocycles. The Morgan fingerprint density at radius 1 is 1.50 bits per heavy atom. The molecule has 2 aromatic rings. The molecule has 0 saturated carbocycles. The van der Waals surface area contributed by atoms with Crippen molar-refractivity contribution in [1.82, 2.24) is 9.97 Å². The third-order valence-corrected chi connectivity index (χ3v) is 3.81. The standard InChI is InChI=1S/C12H15N3S/c1-3-12(2,13)11-15-10(8-16-11)9-5-4-6-14-7-9/h4-8H,3,13H2,1-2H3. The molecule has 0 aliphatic heterocycles. The first-order valence-electron chi connectivity index (χ1n) is 5.29. The fourth-order valence-corrected chi connectivity index (χ4v) is 2.31. The van der Waals surface area contributed by atoms with Crippen LogP contribution >= 0.6 is 11.3 Å². The Bertz CT molecular complexity index is 462. The van der Waals surface area contributed by atoms with Crippen molar-refractivity contribution in [2.75, 3.05) is 0 Å². The average molecular weight is 233 g/mol. The minimum absolute atomic E-state index is 0.328. The molecule has 0 radical (unpaired) electrons. The van der Waals surface area contributed by atoms with Crippen LogP contribution in [0.4, 0.5) is 0 Å². The summed E-state index contributed by atoms with van der Waals surface area (Å²) in [6.07, 6.45) is 4.46. The third-order valence-electron chi connectivity index (χ3n) is 2.68. The molecule has 0 aromatic carbocycles. The van der Waals surface area contributed by atoms with Gasteiger partial charge in [-0.25, -0.2) is 4.98 Å². The number of aromatic nitrogens is 2. The van der Waals surface area contributed by atoms with Crippen LogP contribution in [0.2, 0.25) is 0 Å². The number of thiazole rings is 1. The van der Waals surface area contributed by atoms with E-state index in [9.17, 15) is 0 Å². The predicted octanol–water partition coefficient (Wildman–Crippen LogP) is 2.79. The number of nitrogens with two attached hydrogens (primary N) is 1. The van der Waals surface area contributed by atoms with Gasteiger partial charge >= 0.3 is 0 Å². The first-order valence-corrected chi connectivity index (χ1v) is 6.17. The summed E-state index contributed by atoms with van der Waals surface area (Å²) in [5.41, 5.74) is 7.83. The highest BCUT2D eigenvalue weighted by Gasteiger charge is 2.22. The number of nitrogens with zero attached hydrogens (tertiary/aromatic N) is 2. The molecule has 84 valence electrons. The monoisotopic (exact) mass is 233 g/mol. The minimum Gasteiger partial charge on any atom is -0.320 e. The van der Waals surface area contributed by atoms with Gasteiger partial charge in [-0.2, -0.15) is 0 Å². The van der Waals surface area contributed by atoms with Crippen LogP contribution < -0.4 is 5.73 Å². The lowest BCUT2D eigenvalue weighted by Crippen LogP contribution is -2.31. The fourth-order valence-electron chi connectivity index (χ4n) is 1.33. The molecule has 2 heterocycles. The maximum absolute atomic E-state index is 6.16. The molecule has 0 saturated heterocycles. The van der Waals surface area contributed by atoms with E-state index in [0.29, 0.717) is 0 Å². The summed E-state index contributed by atoms with van der Waals surface area (Å²) < 4.78 is 0. The smallest absolute Gasteiger partial charge is 0.113 e. The molecule has 0 amide bonds. The fraction of sp³-hybridized carbons (Fsp3) is 0.333. The van der Waals surface area contributed by atoms with Crippen molar-refractivity contribution in [3.05, 3.63) is 34.9 Å². The van der Waals surface area contributed by atoms with Gasteiger partial charge in [0.05, 0.1) is 11.2 Å². The summed E-state index contributed by atoms with van der Waals surface area (Å²) in [5.74, 6) is 0. The van der Waals surface area contributed by atoms with Crippen molar-refractivity contribution in [3.63, 3.8) is 0 Å². The van der Waals surface area contributed by atoms with Gasteiger partial charge in [-0.15, -0.1) is 11.3 Å². The van der Waals surface area contributed by atoms with E-state index >= 15 is 0 Å². The Labute approximate surface area is 99.4 Å². The van der Waals surface area contributed by atoms with Gasteiger partial charge in [0, 0.05) is 23.3 Å². The molecule has 1 atom stereocenters. The van der Waals surface area contributed by atoms with Gasteiger partial charge in [0.1, 0.15) is 5.01 Å². The summed E-state index contributed by atoms with van der Waals surface area (Å²) in [4.78, 5) is 8.66. The van der Waals surface area contributed by atoms with Gasteiger partial charge in [0.15, 0.2) is 0 Å². The summed E-state index contributed by atoms with van der Waals surface area (Å²) in [6, 6.07) is 3.92. The number of pyridine rings is 1. The van der Waals surface area contributed by atoms with Gasteiger partial charge < -0.3 is 5.73 Å². The third kappa shape index (κ3) is 2.13. The maximum atomic E-state index is 6.16. The van der Waals surface area contributed by atoms with Crippen LogP contribution in [0.15, 0.2) is 29.9 Å². The molecule has 0 aliphatic carbocycles. The van der Waals surface area contributed by atoms with Crippen LogP contribution in [0.3, 0.4) is 0 Å². The van der Waals surface area contributed by atoms with Crippen LogP contribution in [-0.2, 0) is 5.54 Å². The molecule has 2 N–H and O–H groups in total. The van der Waals surface area contributed by atoms with Gasteiger partial charge in [-0.1, -0.05) is 6.92 Å². The maximum Gasteiger partial charge on any atom is 0.113 e. The largest absolute Gasteiger partial charge is 0.320 e. The van der Waals surface area contributed by atoms with Crippen molar-refractivity contribution < 1.29 is 0 Å². The van der Waals surface area contributed by atoms with E-state index in [4.69, 9.17) is 5.73 Å². The summed E-state index contributed by atoms with van der Waals surface area (Å²) in [5, 5.41) is 3.02. The zero-order valence-corrected chi connectivity index (χ0v) is 10.3. The SMILES string of the molecule is CCC(C)(N)c1nc(-c2cccnc2)cs1. The lowest BCUT2D eigenvalue weighted by Gasteiger charge is -2.18. The Hall–Kier alpha value is -1.26. The van der Waals surface area contributed by atoms with E-state index in [1.54, 1.807) is 17.5 Å². The lowest BCUT2D eigenvalue weighted by molar-refractivity contribution is 0.474. The first kappa shape index (κ1) is 11.2. The van der Waals surface area contributed by atoms with Gasteiger partial charge in [0.2, 0.25) is 0 Å². The van der Waals surface area contributed by atoms with Crippen molar-refractivity contribution in [3.8, 4) is 11.3 Å². The first-order chi connectivity index (χ1) is 7.63. The van der Waals surface area contributed by atoms with Crippen molar-refractivity contribution in [2.24, 2.45) is 5.73 Å². The van der Waals surface area contributed by atoms with Crippen molar-refractivity contribution in [2.45, 2.75) is 25.8 Å². The van der Waals surface area contributed by atoms with E-state index in [0.717, 1.165) is 22.7 Å². The Morgan fingerprint density at radius 3 is 2.94 bits per heavy atom. The summed E-state index contributed by atoms with van der Waals surface area (Å²) >= 11 is 1.61. The van der Waals surface area contributed by atoms with Crippen molar-refractivity contribution >= 4 is 11.3 Å². The van der Waals surface area contributed by atoms with Crippen molar-refractivity contribution in [1.29, 1.82) is 0 Å². The highest BCUT2D eigenvalue weighted by molar-refractivity contribution is 7.10. The van der Waals surface area contributed by atoms with E-state index in [1.807, 2.05) is 30.6 Å². The molecule has 0 aliphatic rings. The van der Waals surface area contributed by atoms with Crippen LogP contribution in [0, 0.1) is 0 Å². The highest BCUT2D eigenvalue weighted by Crippen LogP contribution is 2.28. The zero-order valence-electron chi connectivity index (χ0n) is 9.47. The predicted molar refractivity (Wildman–Crippen MR) is 67.2 cm³/mol. The molecule has 16 heavy (non-hydrogen) atoms. The van der Waals surface area contributed by atoms with E-state index in [2.05, 4.69) is 16.9 Å². The van der Waals surface area contributed by atoms with Crippen LogP contribution in [0.1, 0.15) is 25.3 Å². The van der Waals surface area contributed by atoms with E-state index in [1.165, 1.54) is 0 Å². The van der Waals surface area contributed by atoms with Crippen LogP contribution in [0.5, 0.6) is 0 Å². The molecular weight excluding hydrogens is 218 g/mol. The Morgan fingerprint density at radius 2 is 2.31 bits per heavy atom. The second kappa shape index (κ2) is 4.31. The number of hydrogen-bond donors (Lipinski definition) is 1. The number of hydrogen-bond acceptors (Lipinski definition) is 4. The summed E-state index contributed by atoms with van der Waals surface area (Å²) in [7, 11) is 0. The lowest BCUT2D eigenvalue weighted by atomic mass is 10.0. The average Bonchev–Trinajstić information content (AvgIpc) is 2.80. The summed E-state index contributed by atoms with van der Waals surface area (Å²) in [6.45, 7) is 4.09. The van der Waals surface area contributed by atoms with Gasteiger partial charge in [-0.05, 0) is 25.5 Å². The molecule has 2 rings (SSSR count). The minimum atomic E-state index is -0.328. The molecule has 1 unspecified atom stereocenters. The van der Waals surface area contributed by atoms with E-state index < -0.39 is 0 Å². The Balaban J connectivity index is 2.34. The van der Waals surface area contributed by atoms with Crippen LogP contribution in [-0.4, -0.2) is 9.97 Å². The zero-order chi connectivity index (χ0) is 11.6. The second-order valence-electron chi connectivity index (χ2n) is 4.05. The molecular formula is C12H15N3S. The molecule has 0 spiro atoms. The molecule has 4 heteroatoms. The van der Waals surface area contributed by atoms with E-state index in [-0.39, 0.29) is 5.54 Å².